The van der Waals surface area contributed by atoms with Crippen LogP contribution in [0.5, 0.6) is 0 Å². The van der Waals surface area contributed by atoms with Gasteiger partial charge in [0.05, 0.1) is 5.69 Å². The highest BCUT2D eigenvalue weighted by Crippen LogP contribution is 2.23. The van der Waals surface area contributed by atoms with E-state index in [1.807, 2.05) is 82.3 Å². The van der Waals surface area contributed by atoms with Crippen molar-refractivity contribution in [3.05, 3.63) is 169 Å². The quantitative estimate of drug-likeness (QED) is 0.139. The Labute approximate surface area is 258 Å². The highest BCUT2D eigenvalue weighted by Gasteiger charge is 2.03. The smallest absolute Gasteiger partial charge is 0.187 e. The van der Waals surface area contributed by atoms with Crippen LogP contribution in [-0.4, -0.2) is 11.6 Å². The first-order valence-corrected chi connectivity index (χ1v) is 14.5. The van der Waals surface area contributed by atoms with Crippen molar-refractivity contribution in [3.63, 3.8) is 0 Å². The number of carbonyl (C=O) groups is 2. The lowest BCUT2D eigenvalue weighted by molar-refractivity contribution is 0.103. The minimum absolute atomic E-state index is 0.0108. The summed E-state index contributed by atoms with van der Waals surface area (Å²) in [7, 11) is 0. The number of fused-ring (bicyclic) bond motifs is 1. The van der Waals surface area contributed by atoms with Gasteiger partial charge in [0.25, 0.3) is 0 Å². The highest BCUT2D eigenvalue weighted by molar-refractivity contribution is 6.05. The zero-order valence-electron chi connectivity index (χ0n) is 25.4. The van der Waals surface area contributed by atoms with Crippen molar-refractivity contribution in [1.29, 1.82) is 0 Å². The Morgan fingerprint density at radius 1 is 0.545 bits per heavy atom. The Morgan fingerprint density at radius 3 is 1.59 bits per heavy atom. The molecular formula is C38H38F2N2O2. The van der Waals surface area contributed by atoms with Gasteiger partial charge in [-0.15, -0.1) is 0 Å². The van der Waals surface area contributed by atoms with Crippen LogP contribution >= 0.6 is 0 Å². The van der Waals surface area contributed by atoms with Crippen molar-refractivity contribution in [2.75, 3.05) is 10.6 Å². The predicted molar refractivity (Wildman–Crippen MR) is 180 cm³/mol. The second-order valence-corrected chi connectivity index (χ2v) is 8.57. The second-order valence-electron chi connectivity index (χ2n) is 8.57. The third-order valence-electron chi connectivity index (χ3n) is 5.78. The number of carbonyl (C=O) groups excluding carboxylic acids is 2. The summed E-state index contributed by atoms with van der Waals surface area (Å²) in [5.41, 5.74) is 2.19. The van der Waals surface area contributed by atoms with Gasteiger partial charge in [0.1, 0.15) is 11.6 Å². The Balaban J connectivity index is 0.000000277. The Morgan fingerprint density at radius 2 is 1.02 bits per heavy atom. The molecule has 0 atom stereocenters. The summed E-state index contributed by atoms with van der Waals surface area (Å²) in [5.74, 6) is -1.36. The monoisotopic (exact) mass is 592 g/mol. The van der Waals surface area contributed by atoms with Crippen LogP contribution in [0.2, 0.25) is 0 Å². The average Bonchev–Trinajstić information content (AvgIpc) is 3.09. The molecule has 5 aromatic carbocycles. The molecule has 0 aliphatic rings. The Bertz CT molecular complexity index is 1650. The number of ketones is 2. The van der Waals surface area contributed by atoms with Crippen LogP contribution in [0.1, 0.15) is 48.4 Å². The molecule has 0 aliphatic carbocycles. The van der Waals surface area contributed by atoms with Gasteiger partial charge < -0.3 is 10.6 Å². The standard InChI is InChI=1S/C19H15NO.C15H11F2NO.2C2H6/c21-19(16-8-2-1-3-9-16)13-14-20-18-12-6-10-15-7-4-5-11-17(15)18;16-12-6-7-13(17)14(10-12)18-9-8-15(19)11-4-2-1-3-5-11;2*1-2/h1-14,20H;1-10,18H;2*1-2H3/b14-13-;9-8-;;. The molecule has 6 heteroatoms. The van der Waals surface area contributed by atoms with Gasteiger partial charge in [-0.3, -0.25) is 9.59 Å². The molecule has 0 fully saturated rings. The summed E-state index contributed by atoms with van der Waals surface area (Å²) in [6.07, 6.45) is 5.79. The molecule has 4 nitrogen and oxygen atoms in total. The van der Waals surface area contributed by atoms with E-state index >= 15 is 0 Å². The van der Waals surface area contributed by atoms with Gasteiger partial charge in [-0.25, -0.2) is 8.78 Å². The Hall–Kier alpha value is -5.36. The lowest BCUT2D eigenvalue weighted by atomic mass is 10.1. The molecular weight excluding hydrogens is 554 g/mol. The van der Waals surface area contributed by atoms with E-state index in [0.717, 1.165) is 29.3 Å². The zero-order valence-corrected chi connectivity index (χ0v) is 25.4. The number of hydrogen-bond acceptors (Lipinski definition) is 4. The number of benzene rings is 5. The van der Waals surface area contributed by atoms with E-state index in [9.17, 15) is 18.4 Å². The number of halogens is 2. The van der Waals surface area contributed by atoms with Crippen molar-refractivity contribution < 1.29 is 18.4 Å². The van der Waals surface area contributed by atoms with Crippen molar-refractivity contribution >= 4 is 33.7 Å². The fraction of sp³-hybridized carbons (Fsp3) is 0.105. The van der Waals surface area contributed by atoms with E-state index in [1.54, 1.807) is 42.6 Å². The summed E-state index contributed by atoms with van der Waals surface area (Å²) >= 11 is 0. The molecule has 0 aromatic heterocycles. The SMILES string of the molecule is CC.CC.O=C(/C=C\Nc1cc(F)ccc1F)c1ccccc1.O=C(/C=C\Nc1cccc2ccccc12)c1ccccc1. The molecule has 226 valence electrons. The van der Waals surface area contributed by atoms with Crippen molar-refractivity contribution in [2.24, 2.45) is 0 Å². The molecule has 0 spiro atoms. The molecule has 0 heterocycles. The fourth-order valence-electron chi connectivity index (χ4n) is 3.77. The van der Waals surface area contributed by atoms with E-state index < -0.39 is 11.6 Å². The molecule has 5 rings (SSSR count). The molecule has 2 N–H and O–H groups in total. The third-order valence-corrected chi connectivity index (χ3v) is 5.78. The van der Waals surface area contributed by atoms with E-state index in [0.29, 0.717) is 11.1 Å². The molecule has 0 saturated carbocycles. The minimum Gasteiger partial charge on any atom is -0.361 e. The summed E-state index contributed by atoms with van der Waals surface area (Å²) in [4.78, 5) is 23.7. The van der Waals surface area contributed by atoms with E-state index in [1.165, 1.54) is 17.7 Å². The number of hydrogen-bond donors (Lipinski definition) is 2. The minimum atomic E-state index is -0.585. The van der Waals surface area contributed by atoms with Gasteiger partial charge >= 0.3 is 0 Å². The number of rotatable bonds is 8. The highest BCUT2D eigenvalue weighted by atomic mass is 19.1. The van der Waals surface area contributed by atoms with Crippen LogP contribution in [0.4, 0.5) is 20.2 Å². The maximum Gasteiger partial charge on any atom is 0.187 e. The second kappa shape index (κ2) is 19.7. The normalized spacial score (nSPS) is 10.0. The largest absolute Gasteiger partial charge is 0.361 e. The molecule has 0 radical (unpaired) electrons. The summed E-state index contributed by atoms with van der Waals surface area (Å²) < 4.78 is 26.2. The van der Waals surface area contributed by atoms with Crippen LogP contribution < -0.4 is 10.6 Å². The van der Waals surface area contributed by atoms with Crippen LogP contribution in [0.3, 0.4) is 0 Å². The molecule has 0 saturated heterocycles. The first-order chi connectivity index (χ1) is 21.5. The Kier molecular flexibility index (Phi) is 15.6. The number of nitrogens with one attached hydrogen (secondary N) is 2. The van der Waals surface area contributed by atoms with Gasteiger partial charge in [0.2, 0.25) is 0 Å². The van der Waals surface area contributed by atoms with Gasteiger partial charge in [-0.2, -0.15) is 0 Å². The van der Waals surface area contributed by atoms with Gasteiger partial charge in [-0.1, -0.05) is 125 Å². The molecule has 0 aliphatic heterocycles. The number of anilines is 2. The topological polar surface area (TPSA) is 58.2 Å². The van der Waals surface area contributed by atoms with Gasteiger partial charge in [-0.05, 0) is 23.6 Å². The molecule has 0 amide bonds. The fourth-order valence-corrected chi connectivity index (χ4v) is 3.77. The first kappa shape index (κ1) is 34.8. The number of allylic oxidation sites excluding steroid dienone is 2. The first-order valence-electron chi connectivity index (χ1n) is 14.5. The summed E-state index contributed by atoms with van der Waals surface area (Å²) in [6.45, 7) is 8.00. The van der Waals surface area contributed by atoms with Crippen LogP contribution in [-0.2, 0) is 0 Å². The van der Waals surface area contributed by atoms with Crippen molar-refractivity contribution in [3.8, 4) is 0 Å². The molecule has 5 aromatic rings. The lowest BCUT2D eigenvalue weighted by Crippen LogP contribution is -1.97. The van der Waals surface area contributed by atoms with Crippen LogP contribution in [0.15, 0.2) is 146 Å². The van der Waals surface area contributed by atoms with Crippen molar-refractivity contribution in [1.82, 2.24) is 0 Å². The maximum atomic E-state index is 13.3. The third kappa shape index (κ3) is 11.1. The summed E-state index contributed by atoms with van der Waals surface area (Å²) in [5, 5.41) is 8.03. The van der Waals surface area contributed by atoms with E-state index in [-0.39, 0.29) is 17.3 Å². The van der Waals surface area contributed by atoms with Gasteiger partial charge in [0.15, 0.2) is 11.6 Å². The van der Waals surface area contributed by atoms with Gasteiger partial charge in [0, 0.05) is 52.8 Å². The molecule has 44 heavy (non-hydrogen) atoms. The molecule has 0 bridgehead atoms. The lowest BCUT2D eigenvalue weighted by Gasteiger charge is -2.05. The molecule has 0 unspecified atom stereocenters. The van der Waals surface area contributed by atoms with Crippen molar-refractivity contribution in [2.45, 2.75) is 27.7 Å². The average molecular weight is 593 g/mol. The van der Waals surface area contributed by atoms with Crippen LogP contribution in [0.25, 0.3) is 10.8 Å². The van der Waals surface area contributed by atoms with E-state index in [4.69, 9.17) is 0 Å². The predicted octanol–water partition coefficient (Wildman–Crippen LogP) is 10.5. The summed E-state index contributed by atoms with van der Waals surface area (Å²) in [6, 6.07) is 35.2. The maximum absolute atomic E-state index is 13.3. The van der Waals surface area contributed by atoms with Crippen LogP contribution in [0, 0.1) is 11.6 Å². The van der Waals surface area contributed by atoms with E-state index in [2.05, 4.69) is 28.8 Å². The zero-order chi connectivity index (χ0) is 32.2.